The maximum absolute atomic E-state index is 5.68. The number of thiazole rings is 1. The van der Waals surface area contributed by atoms with E-state index in [1.807, 2.05) is 12.1 Å². The molecule has 0 aliphatic rings. The van der Waals surface area contributed by atoms with Crippen molar-refractivity contribution in [3.63, 3.8) is 0 Å². The van der Waals surface area contributed by atoms with E-state index in [2.05, 4.69) is 36.3 Å². The molecular weight excluding hydrogens is 228 g/mol. The molecule has 0 fully saturated rings. The first-order valence-corrected chi connectivity index (χ1v) is 6.85. The van der Waals surface area contributed by atoms with Gasteiger partial charge >= 0.3 is 0 Å². The fourth-order valence-corrected chi connectivity index (χ4v) is 2.77. The van der Waals surface area contributed by atoms with Crippen molar-refractivity contribution in [1.82, 2.24) is 4.98 Å². The van der Waals surface area contributed by atoms with Gasteiger partial charge in [-0.25, -0.2) is 4.98 Å². The van der Waals surface area contributed by atoms with Crippen LogP contribution in [0.15, 0.2) is 29.6 Å². The van der Waals surface area contributed by atoms with Crippen molar-refractivity contribution in [3.8, 4) is 0 Å². The van der Waals surface area contributed by atoms with Crippen LogP contribution in [0.4, 0.5) is 5.69 Å². The average molecular weight is 246 g/mol. The zero-order valence-electron chi connectivity index (χ0n) is 10.3. The molecule has 0 unspecified atom stereocenters. The molecule has 1 aromatic heterocycles. The summed E-state index contributed by atoms with van der Waals surface area (Å²) in [7, 11) is 0. The van der Waals surface area contributed by atoms with Crippen molar-refractivity contribution in [1.29, 1.82) is 0 Å². The van der Waals surface area contributed by atoms with Crippen molar-refractivity contribution < 1.29 is 0 Å². The Morgan fingerprint density at radius 3 is 2.59 bits per heavy atom. The second-order valence-electron chi connectivity index (χ2n) is 4.38. The highest BCUT2D eigenvalue weighted by Crippen LogP contribution is 2.24. The van der Waals surface area contributed by atoms with Crippen molar-refractivity contribution in [2.24, 2.45) is 0 Å². The Balaban J connectivity index is 2.05. The molecule has 1 heterocycles. The third kappa shape index (κ3) is 3.07. The molecule has 0 saturated heterocycles. The number of anilines is 1. The van der Waals surface area contributed by atoms with Crippen LogP contribution in [-0.4, -0.2) is 4.98 Å². The second kappa shape index (κ2) is 5.32. The molecule has 1 aromatic carbocycles. The Labute approximate surface area is 107 Å². The summed E-state index contributed by atoms with van der Waals surface area (Å²) < 4.78 is 0. The zero-order valence-corrected chi connectivity index (χ0v) is 11.1. The molecule has 0 bridgehead atoms. The van der Waals surface area contributed by atoms with E-state index in [1.54, 1.807) is 11.3 Å². The molecule has 0 aliphatic carbocycles. The number of benzene rings is 1. The van der Waals surface area contributed by atoms with Gasteiger partial charge < -0.3 is 5.73 Å². The largest absolute Gasteiger partial charge is 0.399 e. The molecule has 2 aromatic rings. The third-order valence-corrected chi connectivity index (χ3v) is 4.00. The molecule has 1 atom stereocenters. The topological polar surface area (TPSA) is 38.9 Å². The lowest BCUT2D eigenvalue weighted by Crippen LogP contribution is -1.98. The molecule has 0 radical (unpaired) electrons. The lowest BCUT2D eigenvalue weighted by atomic mass is 10.0. The molecule has 0 aliphatic heterocycles. The minimum absolute atomic E-state index is 0.476. The fourth-order valence-electron chi connectivity index (χ4n) is 1.81. The Morgan fingerprint density at radius 1 is 1.29 bits per heavy atom. The summed E-state index contributed by atoms with van der Waals surface area (Å²) in [6.07, 6.45) is 2.04. The van der Waals surface area contributed by atoms with Gasteiger partial charge in [-0.3, -0.25) is 0 Å². The van der Waals surface area contributed by atoms with Gasteiger partial charge in [0.25, 0.3) is 0 Å². The summed E-state index contributed by atoms with van der Waals surface area (Å²) in [5.41, 5.74) is 9.03. The van der Waals surface area contributed by atoms with Crippen LogP contribution in [0.25, 0.3) is 0 Å². The Bertz CT molecular complexity index is 473. The van der Waals surface area contributed by atoms with E-state index in [0.29, 0.717) is 5.92 Å². The Morgan fingerprint density at radius 2 is 2.00 bits per heavy atom. The number of aryl methyl sites for hydroxylation is 1. The van der Waals surface area contributed by atoms with E-state index in [1.165, 1.54) is 16.3 Å². The van der Waals surface area contributed by atoms with Gasteiger partial charge in [0.2, 0.25) is 0 Å². The summed E-state index contributed by atoms with van der Waals surface area (Å²) in [4.78, 5) is 4.64. The number of nitrogen functional groups attached to an aromatic ring is 1. The first-order valence-electron chi connectivity index (χ1n) is 5.97. The van der Waals surface area contributed by atoms with Crippen molar-refractivity contribution in [2.75, 3.05) is 5.73 Å². The fraction of sp³-hybridized carbons (Fsp3) is 0.357. The molecule has 0 saturated carbocycles. The van der Waals surface area contributed by atoms with E-state index in [-0.39, 0.29) is 0 Å². The molecule has 17 heavy (non-hydrogen) atoms. The number of aromatic nitrogens is 1. The number of hydrogen-bond donors (Lipinski definition) is 1. The summed E-state index contributed by atoms with van der Waals surface area (Å²) in [5, 5.41) is 3.40. The minimum Gasteiger partial charge on any atom is -0.399 e. The molecule has 2 nitrogen and oxygen atoms in total. The molecule has 3 heteroatoms. The van der Waals surface area contributed by atoms with Gasteiger partial charge in [0.15, 0.2) is 0 Å². The predicted octanol–water partition coefficient (Wildman–Crippen LogP) is 3.63. The standard InChI is InChI=1S/C14H18N2S/c1-3-13-9-17-14(16-13)10(2)8-11-4-6-12(15)7-5-11/h4-7,9-10H,3,8,15H2,1-2H3/t10-/m0/s1. The summed E-state index contributed by atoms with van der Waals surface area (Å²) >= 11 is 1.77. The lowest BCUT2D eigenvalue weighted by molar-refractivity contribution is 0.746. The van der Waals surface area contributed by atoms with Crippen LogP contribution in [0.2, 0.25) is 0 Å². The smallest absolute Gasteiger partial charge is 0.0959 e. The van der Waals surface area contributed by atoms with Crippen LogP contribution in [0.3, 0.4) is 0 Å². The van der Waals surface area contributed by atoms with Crippen LogP contribution in [0, 0.1) is 0 Å². The molecule has 0 spiro atoms. The maximum Gasteiger partial charge on any atom is 0.0959 e. The third-order valence-electron chi connectivity index (χ3n) is 2.87. The van der Waals surface area contributed by atoms with Gasteiger partial charge in [0.05, 0.1) is 10.7 Å². The van der Waals surface area contributed by atoms with Gasteiger partial charge in [0, 0.05) is 17.0 Å². The number of rotatable bonds is 4. The van der Waals surface area contributed by atoms with Gasteiger partial charge in [0.1, 0.15) is 0 Å². The van der Waals surface area contributed by atoms with Gasteiger partial charge in [-0.05, 0) is 30.5 Å². The molecular formula is C14H18N2S. The first-order chi connectivity index (χ1) is 8.19. The van der Waals surface area contributed by atoms with Crippen LogP contribution in [-0.2, 0) is 12.8 Å². The minimum atomic E-state index is 0.476. The van der Waals surface area contributed by atoms with Crippen LogP contribution in [0.1, 0.15) is 36.0 Å². The van der Waals surface area contributed by atoms with E-state index in [0.717, 1.165) is 18.5 Å². The summed E-state index contributed by atoms with van der Waals surface area (Å²) in [6.45, 7) is 4.37. The SMILES string of the molecule is CCc1csc([C@@H](C)Cc2ccc(N)cc2)n1. The van der Waals surface area contributed by atoms with Gasteiger partial charge in [-0.15, -0.1) is 11.3 Å². The highest BCUT2D eigenvalue weighted by atomic mass is 32.1. The summed E-state index contributed by atoms with van der Waals surface area (Å²) in [5.74, 6) is 0.476. The number of hydrogen-bond acceptors (Lipinski definition) is 3. The van der Waals surface area contributed by atoms with Crippen LogP contribution < -0.4 is 5.73 Å². The monoisotopic (exact) mass is 246 g/mol. The molecule has 2 rings (SSSR count). The molecule has 2 N–H and O–H groups in total. The van der Waals surface area contributed by atoms with Crippen molar-refractivity contribution in [2.45, 2.75) is 32.6 Å². The van der Waals surface area contributed by atoms with E-state index >= 15 is 0 Å². The Kier molecular flexibility index (Phi) is 3.79. The normalized spacial score (nSPS) is 12.6. The molecule has 90 valence electrons. The van der Waals surface area contributed by atoms with Gasteiger partial charge in [-0.1, -0.05) is 26.0 Å². The predicted molar refractivity (Wildman–Crippen MR) is 74.5 cm³/mol. The quantitative estimate of drug-likeness (QED) is 0.837. The maximum atomic E-state index is 5.68. The number of nitrogens with two attached hydrogens (primary N) is 1. The van der Waals surface area contributed by atoms with E-state index in [4.69, 9.17) is 5.73 Å². The van der Waals surface area contributed by atoms with Crippen molar-refractivity contribution >= 4 is 17.0 Å². The highest BCUT2D eigenvalue weighted by molar-refractivity contribution is 7.09. The highest BCUT2D eigenvalue weighted by Gasteiger charge is 2.10. The van der Waals surface area contributed by atoms with Crippen LogP contribution >= 0.6 is 11.3 Å². The second-order valence-corrected chi connectivity index (χ2v) is 5.27. The zero-order chi connectivity index (χ0) is 12.3. The van der Waals surface area contributed by atoms with Crippen LogP contribution in [0.5, 0.6) is 0 Å². The Hall–Kier alpha value is -1.35. The summed E-state index contributed by atoms with van der Waals surface area (Å²) in [6, 6.07) is 8.11. The lowest BCUT2D eigenvalue weighted by Gasteiger charge is -2.08. The molecule has 0 amide bonds. The van der Waals surface area contributed by atoms with Gasteiger partial charge in [-0.2, -0.15) is 0 Å². The van der Waals surface area contributed by atoms with Crippen molar-refractivity contribution in [3.05, 3.63) is 45.9 Å². The van der Waals surface area contributed by atoms with E-state index in [9.17, 15) is 0 Å². The van der Waals surface area contributed by atoms with E-state index < -0.39 is 0 Å². The number of nitrogens with zero attached hydrogens (tertiary/aromatic N) is 1. The first kappa shape index (κ1) is 12.1. The average Bonchev–Trinajstić information content (AvgIpc) is 2.81.